The van der Waals surface area contributed by atoms with Crippen LogP contribution < -0.4 is 16.9 Å². The van der Waals surface area contributed by atoms with Crippen LogP contribution in [0.1, 0.15) is 31.4 Å². The number of fused-ring (bicyclic) bond motifs is 1. The zero-order valence-electron chi connectivity index (χ0n) is 9.62. The lowest BCUT2D eigenvalue weighted by Crippen LogP contribution is -2.29. The van der Waals surface area contributed by atoms with Crippen molar-refractivity contribution in [1.29, 1.82) is 0 Å². The average Bonchev–Trinajstić information content (AvgIpc) is 2.30. The Morgan fingerprint density at radius 3 is 2.47 bits per heavy atom. The maximum absolute atomic E-state index is 11.2. The van der Waals surface area contributed by atoms with Gasteiger partial charge in [-0.05, 0) is 24.1 Å². The van der Waals surface area contributed by atoms with Gasteiger partial charge >= 0.3 is 11.1 Å². The predicted octanol–water partition coefficient (Wildman–Crippen LogP) is 1.02. The molecule has 4 N–H and O–H groups in total. The van der Waals surface area contributed by atoms with E-state index in [1.807, 2.05) is 12.1 Å². The maximum Gasteiger partial charge on any atom is 0.314 e. The Balaban J connectivity index is 2.54. The highest BCUT2D eigenvalue weighted by atomic mass is 16.2. The van der Waals surface area contributed by atoms with Gasteiger partial charge in [0.2, 0.25) is 0 Å². The summed E-state index contributed by atoms with van der Waals surface area (Å²) < 4.78 is 0. The SMILES string of the molecule is CCCC(N)c1ccc2[nH]c(=O)c(=O)[nH]c2c1. The molecule has 5 nitrogen and oxygen atoms in total. The van der Waals surface area contributed by atoms with E-state index in [0.717, 1.165) is 18.4 Å². The Hall–Kier alpha value is -1.88. The van der Waals surface area contributed by atoms with Crippen LogP contribution in [0.2, 0.25) is 0 Å². The number of hydrogen-bond acceptors (Lipinski definition) is 3. The summed E-state index contributed by atoms with van der Waals surface area (Å²) in [6.07, 6.45) is 1.89. The maximum atomic E-state index is 11.2. The van der Waals surface area contributed by atoms with E-state index in [0.29, 0.717) is 11.0 Å². The standard InChI is InChI=1S/C12H15N3O2/c1-2-3-8(13)7-4-5-9-10(6-7)15-12(17)11(16)14-9/h4-6,8H,2-3,13H2,1H3,(H,14,16)(H,15,17). The number of aromatic nitrogens is 2. The molecule has 0 aliphatic carbocycles. The van der Waals surface area contributed by atoms with Gasteiger partial charge in [0, 0.05) is 6.04 Å². The lowest BCUT2D eigenvalue weighted by atomic mass is 10.0. The molecule has 1 atom stereocenters. The number of aromatic amines is 2. The van der Waals surface area contributed by atoms with Crippen LogP contribution in [-0.4, -0.2) is 9.97 Å². The third-order valence-corrected chi connectivity index (χ3v) is 2.77. The van der Waals surface area contributed by atoms with Gasteiger partial charge in [-0.2, -0.15) is 0 Å². The largest absolute Gasteiger partial charge is 0.324 e. The minimum absolute atomic E-state index is 0.0418. The van der Waals surface area contributed by atoms with Crippen LogP contribution in [0.15, 0.2) is 27.8 Å². The molecule has 0 bridgehead atoms. The average molecular weight is 233 g/mol. The topological polar surface area (TPSA) is 91.7 Å². The van der Waals surface area contributed by atoms with E-state index in [4.69, 9.17) is 5.73 Å². The fraction of sp³-hybridized carbons (Fsp3) is 0.333. The normalized spacial score (nSPS) is 12.8. The molecule has 0 amide bonds. The third kappa shape index (κ3) is 2.29. The number of rotatable bonds is 3. The van der Waals surface area contributed by atoms with Crippen molar-refractivity contribution in [2.45, 2.75) is 25.8 Å². The Kier molecular flexibility index (Phi) is 3.10. The van der Waals surface area contributed by atoms with Crippen LogP contribution in [-0.2, 0) is 0 Å². The molecule has 0 fully saturated rings. The van der Waals surface area contributed by atoms with Crippen molar-refractivity contribution in [3.05, 3.63) is 44.5 Å². The molecule has 0 saturated heterocycles. The molecule has 0 saturated carbocycles. The van der Waals surface area contributed by atoms with Gasteiger partial charge in [0.05, 0.1) is 11.0 Å². The zero-order valence-corrected chi connectivity index (χ0v) is 9.62. The highest BCUT2D eigenvalue weighted by molar-refractivity contribution is 5.74. The summed E-state index contributed by atoms with van der Waals surface area (Å²) in [6, 6.07) is 5.40. The van der Waals surface area contributed by atoms with E-state index in [2.05, 4.69) is 16.9 Å². The molecule has 1 unspecified atom stereocenters. The minimum atomic E-state index is -0.640. The molecule has 0 aliphatic heterocycles. The second-order valence-electron chi connectivity index (χ2n) is 4.11. The van der Waals surface area contributed by atoms with E-state index in [-0.39, 0.29) is 6.04 Å². The van der Waals surface area contributed by atoms with Gasteiger partial charge in [-0.1, -0.05) is 19.4 Å². The van der Waals surface area contributed by atoms with E-state index >= 15 is 0 Å². The van der Waals surface area contributed by atoms with Crippen molar-refractivity contribution >= 4 is 11.0 Å². The number of H-pyrrole nitrogens is 2. The minimum Gasteiger partial charge on any atom is -0.324 e. The molecule has 2 aromatic rings. The van der Waals surface area contributed by atoms with E-state index in [9.17, 15) is 9.59 Å². The Bertz CT molecular complexity index is 642. The highest BCUT2D eigenvalue weighted by Gasteiger charge is 2.06. The van der Waals surface area contributed by atoms with Crippen molar-refractivity contribution in [2.75, 3.05) is 0 Å². The zero-order chi connectivity index (χ0) is 12.4. The number of nitrogens with one attached hydrogen (secondary N) is 2. The molecule has 0 aliphatic rings. The van der Waals surface area contributed by atoms with Gasteiger partial charge in [-0.15, -0.1) is 0 Å². The lowest BCUT2D eigenvalue weighted by molar-refractivity contribution is 0.639. The van der Waals surface area contributed by atoms with Gasteiger partial charge in [0.15, 0.2) is 0 Å². The smallest absolute Gasteiger partial charge is 0.314 e. The van der Waals surface area contributed by atoms with Crippen LogP contribution in [0.3, 0.4) is 0 Å². The summed E-state index contributed by atoms with van der Waals surface area (Å²) in [4.78, 5) is 27.4. The lowest BCUT2D eigenvalue weighted by Gasteiger charge is -2.11. The molecule has 2 rings (SSSR count). The number of hydrogen-bond donors (Lipinski definition) is 3. The summed E-state index contributed by atoms with van der Waals surface area (Å²) >= 11 is 0. The van der Waals surface area contributed by atoms with Gasteiger partial charge < -0.3 is 15.7 Å². The summed E-state index contributed by atoms with van der Waals surface area (Å²) in [6.45, 7) is 2.07. The van der Waals surface area contributed by atoms with Crippen LogP contribution in [0.4, 0.5) is 0 Å². The molecular weight excluding hydrogens is 218 g/mol. The van der Waals surface area contributed by atoms with Crippen LogP contribution >= 0.6 is 0 Å². The molecule has 5 heteroatoms. The van der Waals surface area contributed by atoms with Crippen molar-refractivity contribution in [3.63, 3.8) is 0 Å². The fourth-order valence-electron chi connectivity index (χ4n) is 1.84. The summed E-state index contributed by atoms with van der Waals surface area (Å²) in [7, 11) is 0. The first-order valence-corrected chi connectivity index (χ1v) is 5.63. The molecule has 17 heavy (non-hydrogen) atoms. The fourth-order valence-corrected chi connectivity index (χ4v) is 1.84. The quantitative estimate of drug-likeness (QED) is 0.691. The first-order valence-electron chi connectivity index (χ1n) is 5.63. The van der Waals surface area contributed by atoms with Crippen molar-refractivity contribution in [1.82, 2.24) is 9.97 Å². The van der Waals surface area contributed by atoms with Crippen molar-refractivity contribution in [2.24, 2.45) is 5.73 Å². The second-order valence-corrected chi connectivity index (χ2v) is 4.11. The van der Waals surface area contributed by atoms with Crippen molar-refractivity contribution < 1.29 is 0 Å². The van der Waals surface area contributed by atoms with Gasteiger partial charge in [-0.3, -0.25) is 9.59 Å². The molecule has 0 radical (unpaired) electrons. The van der Waals surface area contributed by atoms with E-state index in [1.165, 1.54) is 0 Å². The highest BCUT2D eigenvalue weighted by Crippen LogP contribution is 2.18. The molecule has 1 aromatic carbocycles. The number of nitrogens with two attached hydrogens (primary N) is 1. The van der Waals surface area contributed by atoms with Gasteiger partial charge in [0.1, 0.15) is 0 Å². The van der Waals surface area contributed by atoms with Crippen LogP contribution in [0.5, 0.6) is 0 Å². The van der Waals surface area contributed by atoms with Gasteiger partial charge in [0.25, 0.3) is 0 Å². The Morgan fingerprint density at radius 2 is 1.82 bits per heavy atom. The Morgan fingerprint density at radius 1 is 1.18 bits per heavy atom. The van der Waals surface area contributed by atoms with Crippen LogP contribution in [0.25, 0.3) is 11.0 Å². The van der Waals surface area contributed by atoms with E-state index < -0.39 is 11.1 Å². The summed E-state index contributed by atoms with van der Waals surface area (Å²) in [5.41, 5.74) is 6.91. The first-order chi connectivity index (χ1) is 8.11. The molecule has 0 spiro atoms. The molecule has 90 valence electrons. The first kappa shape index (κ1) is 11.6. The third-order valence-electron chi connectivity index (χ3n) is 2.77. The van der Waals surface area contributed by atoms with Gasteiger partial charge in [-0.25, -0.2) is 0 Å². The summed E-state index contributed by atoms with van der Waals surface area (Å²) in [5.74, 6) is 0. The monoisotopic (exact) mass is 233 g/mol. The van der Waals surface area contributed by atoms with Crippen molar-refractivity contribution in [3.8, 4) is 0 Å². The molecular formula is C12H15N3O2. The van der Waals surface area contributed by atoms with Crippen LogP contribution in [0, 0.1) is 0 Å². The summed E-state index contributed by atoms with van der Waals surface area (Å²) in [5, 5.41) is 0. The second kappa shape index (κ2) is 4.55. The number of benzene rings is 1. The van der Waals surface area contributed by atoms with E-state index in [1.54, 1.807) is 6.07 Å². The molecule has 1 aromatic heterocycles. The molecule has 1 heterocycles. The Labute approximate surface area is 97.7 Å². The predicted molar refractivity (Wildman–Crippen MR) is 67.0 cm³/mol.